The molecule has 0 aliphatic carbocycles. The number of hydrogen-bond acceptors (Lipinski definition) is 4. The molecule has 0 saturated carbocycles. The Kier molecular flexibility index (Phi) is 7.70. The highest BCUT2D eigenvalue weighted by atomic mass is 32.2. The van der Waals surface area contributed by atoms with Crippen LogP contribution in [-0.4, -0.2) is 56.8 Å². The number of carbonyl (C=O) groups is 1. The summed E-state index contributed by atoms with van der Waals surface area (Å²) in [5, 5.41) is 0. The Bertz CT molecular complexity index is 564. The lowest BCUT2D eigenvalue weighted by molar-refractivity contribution is -0.434. The van der Waals surface area contributed by atoms with Crippen LogP contribution in [0.25, 0.3) is 0 Å². The molecule has 0 aliphatic heterocycles. The van der Waals surface area contributed by atoms with Crippen LogP contribution in [-0.2, 0) is 20.8 Å². The van der Waals surface area contributed by atoms with Crippen LogP contribution in [0.3, 0.4) is 0 Å². The zero-order valence-electron chi connectivity index (χ0n) is 12.7. The van der Waals surface area contributed by atoms with Gasteiger partial charge in [0.25, 0.3) is 0 Å². The van der Waals surface area contributed by atoms with E-state index in [1.165, 1.54) is 0 Å². The maximum Gasteiger partial charge on any atom is 0.473 e. The Morgan fingerprint density at radius 2 is 1.54 bits per heavy atom. The molecule has 0 heterocycles. The van der Waals surface area contributed by atoms with E-state index in [1.54, 1.807) is 0 Å². The summed E-state index contributed by atoms with van der Waals surface area (Å²) >= 11 is -2.65. The summed E-state index contributed by atoms with van der Waals surface area (Å²) < 4.78 is 137. The van der Waals surface area contributed by atoms with Crippen LogP contribution in [0.1, 0.15) is 12.8 Å². The first-order valence-electron chi connectivity index (χ1n) is 6.30. The lowest BCUT2D eigenvalue weighted by Gasteiger charge is -2.32. The first kappa shape index (κ1) is 24.7. The van der Waals surface area contributed by atoms with Crippen LogP contribution in [0.2, 0.25) is 0 Å². The SMILES string of the molecule is C=C(CCCN(C)S(=O)[O-])C(=O)OC(F)(F)C(F)(F)C(F)(F)C(F)(F)F. The Labute approximate surface area is 143 Å². The zero-order chi connectivity index (χ0) is 21.1. The van der Waals surface area contributed by atoms with Gasteiger partial charge >= 0.3 is 30.1 Å². The van der Waals surface area contributed by atoms with Crippen molar-refractivity contribution in [3.63, 3.8) is 0 Å². The van der Waals surface area contributed by atoms with Crippen molar-refractivity contribution < 1.29 is 57.8 Å². The zero-order valence-corrected chi connectivity index (χ0v) is 13.5. The van der Waals surface area contributed by atoms with Gasteiger partial charge in [0.05, 0.1) is 0 Å². The molecule has 0 N–H and O–H groups in total. The van der Waals surface area contributed by atoms with Crippen molar-refractivity contribution >= 4 is 17.2 Å². The van der Waals surface area contributed by atoms with Gasteiger partial charge < -0.3 is 9.29 Å². The highest BCUT2D eigenvalue weighted by Gasteiger charge is 2.84. The topological polar surface area (TPSA) is 69.7 Å². The van der Waals surface area contributed by atoms with E-state index in [4.69, 9.17) is 0 Å². The summed E-state index contributed by atoms with van der Waals surface area (Å²) in [7, 11) is 1.08. The number of nitrogens with zero attached hydrogens (tertiary/aromatic N) is 1. The molecular weight excluding hydrogens is 413 g/mol. The molecule has 0 aromatic carbocycles. The fourth-order valence-electron chi connectivity index (χ4n) is 1.31. The van der Waals surface area contributed by atoms with E-state index in [9.17, 15) is 53.1 Å². The van der Waals surface area contributed by atoms with E-state index in [1.807, 2.05) is 0 Å². The molecule has 5 nitrogen and oxygen atoms in total. The second-order valence-corrected chi connectivity index (χ2v) is 5.89. The average Bonchev–Trinajstić information content (AvgIpc) is 2.44. The molecular formula is C11H11F9NO4S-. The number of esters is 1. The van der Waals surface area contributed by atoms with Gasteiger partial charge in [-0.3, -0.25) is 4.21 Å². The molecule has 0 radical (unpaired) electrons. The predicted octanol–water partition coefficient (Wildman–Crippen LogP) is 3.02. The van der Waals surface area contributed by atoms with Crippen molar-refractivity contribution in [3.05, 3.63) is 12.2 Å². The second-order valence-electron chi connectivity index (χ2n) is 4.83. The minimum atomic E-state index is -7.19. The van der Waals surface area contributed by atoms with Crippen molar-refractivity contribution in [2.45, 2.75) is 37.0 Å². The van der Waals surface area contributed by atoms with Crippen LogP contribution in [0, 0.1) is 0 Å². The molecule has 154 valence electrons. The molecule has 0 fully saturated rings. The van der Waals surface area contributed by atoms with Crippen molar-refractivity contribution in [2.24, 2.45) is 0 Å². The normalized spacial score (nSPS) is 15.1. The summed E-state index contributed by atoms with van der Waals surface area (Å²) in [6.45, 7) is 2.58. The smallest absolute Gasteiger partial charge is 0.473 e. The van der Waals surface area contributed by atoms with Gasteiger partial charge in [0.2, 0.25) is 0 Å². The summed E-state index contributed by atoms with van der Waals surface area (Å²) in [4.78, 5) is 11.2. The van der Waals surface area contributed by atoms with Gasteiger partial charge in [0.1, 0.15) is 0 Å². The number of rotatable bonds is 9. The Morgan fingerprint density at radius 1 is 1.08 bits per heavy atom. The standard InChI is InChI=1S/C11H12F9NO4S/c1-6(4-3-5-21(2)26(23)24)7(22)25-11(19,20)9(14,15)8(12,13)10(16,17)18/h1,3-5H2,2H3,(H,23,24)/p-1. The van der Waals surface area contributed by atoms with Crippen molar-refractivity contribution in [1.29, 1.82) is 0 Å². The Morgan fingerprint density at radius 3 is 1.92 bits per heavy atom. The van der Waals surface area contributed by atoms with Crippen LogP contribution in [0.15, 0.2) is 12.2 Å². The summed E-state index contributed by atoms with van der Waals surface area (Å²) in [5.41, 5.74) is -0.971. The highest BCUT2D eigenvalue weighted by molar-refractivity contribution is 7.76. The number of halogens is 9. The van der Waals surface area contributed by atoms with E-state index in [0.29, 0.717) is 4.31 Å². The second kappa shape index (κ2) is 8.12. The predicted molar refractivity (Wildman–Crippen MR) is 66.9 cm³/mol. The first-order chi connectivity index (χ1) is 11.4. The van der Waals surface area contributed by atoms with E-state index in [2.05, 4.69) is 11.3 Å². The van der Waals surface area contributed by atoms with Gasteiger partial charge in [-0.15, -0.1) is 0 Å². The van der Waals surface area contributed by atoms with Crippen LogP contribution in [0.5, 0.6) is 0 Å². The van der Waals surface area contributed by atoms with Crippen molar-refractivity contribution in [3.8, 4) is 0 Å². The lowest BCUT2D eigenvalue weighted by atomic mass is 10.1. The summed E-state index contributed by atoms with van der Waals surface area (Å²) in [6, 6.07) is 0. The average molecular weight is 424 g/mol. The third-order valence-corrected chi connectivity index (χ3v) is 3.52. The number of ether oxygens (including phenoxy) is 1. The van der Waals surface area contributed by atoms with Gasteiger partial charge in [-0.25, -0.2) is 9.10 Å². The highest BCUT2D eigenvalue weighted by Crippen LogP contribution is 2.53. The van der Waals surface area contributed by atoms with Crippen LogP contribution >= 0.6 is 0 Å². The van der Waals surface area contributed by atoms with Crippen molar-refractivity contribution in [2.75, 3.05) is 13.6 Å². The molecule has 0 aromatic rings. The number of carbonyl (C=O) groups excluding carboxylic acids is 1. The summed E-state index contributed by atoms with van der Waals surface area (Å²) in [5.74, 6) is -16.6. The fourth-order valence-corrected chi connectivity index (χ4v) is 1.58. The summed E-state index contributed by atoms with van der Waals surface area (Å²) in [6.07, 6.45) is -14.4. The Balaban J connectivity index is 5.05. The Hall–Kier alpha value is -1.35. The van der Waals surface area contributed by atoms with Gasteiger partial charge in [-0.1, -0.05) is 6.58 Å². The molecule has 0 saturated heterocycles. The first-order valence-corrected chi connectivity index (χ1v) is 7.33. The largest absolute Gasteiger partial charge is 0.760 e. The minimum absolute atomic E-state index is 0.237. The molecule has 1 unspecified atom stereocenters. The maximum absolute atomic E-state index is 13.1. The van der Waals surface area contributed by atoms with Gasteiger partial charge in [0, 0.05) is 23.4 Å². The molecule has 0 bridgehead atoms. The molecule has 1 atom stereocenters. The fraction of sp³-hybridized carbons (Fsp3) is 0.727. The van der Waals surface area contributed by atoms with Crippen LogP contribution in [0.4, 0.5) is 39.5 Å². The van der Waals surface area contributed by atoms with E-state index in [-0.39, 0.29) is 13.0 Å². The molecule has 0 aromatic heterocycles. The molecule has 0 rings (SSSR count). The third kappa shape index (κ3) is 5.33. The van der Waals surface area contributed by atoms with E-state index in [0.717, 1.165) is 7.05 Å². The molecule has 15 heteroatoms. The van der Waals surface area contributed by atoms with E-state index < -0.39 is 53.4 Å². The molecule has 0 amide bonds. The lowest BCUT2D eigenvalue weighted by Crippen LogP contribution is -2.62. The van der Waals surface area contributed by atoms with E-state index >= 15 is 0 Å². The van der Waals surface area contributed by atoms with Crippen molar-refractivity contribution in [1.82, 2.24) is 4.31 Å². The molecule has 0 aliphatic rings. The van der Waals surface area contributed by atoms with Crippen LogP contribution < -0.4 is 0 Å². The number of hydrogen-bond donors (Lipinski definition) is 0. The van der Waals surface area contributed by atoms with Gasteiger partial charge in [0.15, 0.2) is 0 Å². The maximum atomic E-state index is 13.1. The quantitative estimate of drug-likeness (QED) is 0.247. The molecule has 26 heavy (non-hydrogen) atoms. The number of alkyl halides is 9. The van der Waals surface area contributed by atoms with Gasteiger partial charge in [-0.2, -0.15) is 39.5 Å². The molecule has 0 spiro atoms. The third-order valence-electron chi connectivity index (χ3n) is 2.83. The monoisotopic (exact) mass is 424 g/mol. The van der Waals surface area contributed by atoms with Gasteiger partial charge in [-0.05, 0) is 19.9 Å². The minimum Gasteiger partial charge on any atom is -0.760 e.